The van der Waals surface area contributed by atoms with Crippen LogP contribution < -0.4 is 15.2 Å². The van der Waals surface area contributed by atoms with Crippen LogP contribution in [-0.2, 0) is 4.79 Å². The molecule has 0 bridgehead atoms. The lowest BCUT2D eigenvalue weighted by Crippen LogP contribution is -2.47. The van der Waals surface area contributed by atoms with E-state index < -0.39 is 0 Å². The van der Waals surface area contributed by atoms with Gasteiger partial charge in [0.05, 0.1) is 6.54 Å². The Morgan fingerprint density at radius 3 is 2.83 bits per heavy atom. The predicted molar refractivity (Wildman–Crippen MR) is 88.5 cm³/mol. The van der Waals surface area contributed by atoms with E-state index in [4.69, 9.17) is 15.2 Å². The molecule has 0 radical (unpaired) electrons. The normalized spacial score (nSPS) is 26.6. The number of hydrogen-bond donors (Lipinski definition) is 1. The molecular formula is C18H26N2O3. The lowest BCUT2D eigenvalue weighted by Gasteiger charge is -2.34. The first-order chi connectivity index (χ1) is 11.2. The molecule has 1 heterocycles. The Kier molecular flexibility index (Phi) is 5.06. The zero-order valence-electron chi connectivity index (χ0n) is 13.7. The number of hydrogen-bond acceptors (Lipinski definition) is 4. The lowest BCUT2D eigenvalue weighted by atomic mass is 9.85. The van der Waals surface area contributed by atoms with Crippen molar-refractivity contribution in [3.8, 4) is 11.5 Å². The summed E-state index contributed by atoms with van der Waals surface area (Å²) in [4.78, 5) is 14.7. The largest absolute Gasteiger partial charge is 0.486 e. The fraction of sp³-hybridized carbons (Fsp3) is 0.611. The van der Waals surface area contributed by atoms with Gasteiger partial charge in [0.25, 0.3) is 0 Å². The number of para-hydroxylation sites is 2. The molecule has 5 heteroatoms. The Bertz CT molecular complexity index is 549. The lowest BCUT2D eigenvalue weighted by molar-refractivity contribution is -0.138. The summed E-state index contributed by atoms with van der Waals surface area (Å²) in [6.07, 6.45) is 3.72. The summed E-state index contributed by atoms with van der Waals surface area (Å²) in [5.41, 5.74) is 6.03. The minimum Gasteiger partial charge on any atom is -0.486 e. The molecule has 23 heavy (non-hydrogen) atoms. The fourth-order valence-corrected chi connectivity index (χ4v) is 3.48. The maximum absolute atomic E-state index is 12.8. The molecule has 1 aromatic rings. The molecule has 3 unspecified atom stereocenters. The molecule has 3 rings (SSSR count). The highest BCUT2D eigenvalue weighted by molar-refractivity contribution is 5.79. The summed E-state index contributed by atoms with van der Waals surface area (Å²) in [7, 11) is 0. The van der Waals surface area contributed by atoms with Crippen LogP contribution in [0.4, 0.5) is 0 Å². The Hall–Kier alpha value is -1.75. The SMILES string of the molecule is CCN(CC1COc2ccccc2O1)C(=O)C1CCCC(N)C1. The van der Waals surface area contributed by atoms with Gasteiger partial charge in [-0.1, -0.05) is 18.6 Å². The number of nitrogens with two attached hydrogens (primary N) is 1. The zero-order chi connectivity index (χ0) is 16.2. The van der Waals surface area contributed by atoms with E-state index in [1.807, 2.05) is 36.1 Å². The van der Waals surface area contributed by atoms with Crippen molar-refractivity contribution >= 4 is 5.91 Å². The van der Waals surface area contributed by atoms with Crippen molar-refractivity contribution in [2.75, 3.05) is 19.7 Å². The number of fused-ring (bicyclic) bond motifs is 1. The second-order valence-electron chi connectivity index (χ2n) is 6.50. The summed E-state index contributed by atoms with van der Waals surface area (Å²) in [5, 5.41) is 0. The number of benzene rings is 1. The van der Waals surface area contributed by atoms with Crippen LogP contribution in [0.25, 0.3) is 0 Å². The molecule has 2 N–H and O–H groups in total. The van der Waals surface area contributed by atoms with Crippen LogP contribution >= 0.6 is 0 Å². The molecule has 1 aliphatic heterocycles. The third kappa shape index (κ3) is 3.78. The molecule has 2 aliphatic rings. The van der Waals surface area contributed by atoms with Gasteiger partial charge in [-0.2, -0.15) is 0 Å². The van der Waals surface area contributed by atoms with Crippen LogP contribution in [0.15, 0.2) is 24.3 Å². The average Bonchev–Trinajstić information content (AvgIpc) is 2.59. The Balaban J connectivity index is 1.60. The smallest absolute Gasteiger partial charge is 0.225 e. The zero-order valence-corrected chi connectivity index (χ0v) is 13.7. The van der Waals surface area contributed by atoms with Gasteiger partial charge in [-0.25, -0.2) is 0 Å². The first-order valence-corrected chi connectivity index (χ1v) is 8.60. The Morgan fingerprint density at radius 2 is 2.09 bits per heavy atom. The van der Waals surface area contributed by atoms with Gasteiger partial charge in [-0.15, -0.1) is 0 Å². The molecule has 1 fully saturated rings. The summed E-state index contributed by atoms with van der Waals surface area (Å²) in [5.74, 6) is 1.81. The second kappa shape index (κ2) is 7.21. The molecule has 5 nitrogen and oxygen atoms in total. The van der Waals surface area contributed by atoms with Crippen molar-refractivity contribution < 1.29 is 14.3 Å². The van der Waals surface area contributed by atoms with E-state index in [-0.39, 0.29) is 24.0 Å². The summed E-state index contributed by atoms with van der Waals surface area (Å²) >= 11 is 0. The quantitative estimate of drug-likeness (QED) is 0.924. The van der Waals surface area contributed by atoms with E-state index in [9.17, 15) is 4.79 Å². The summed E-state index contributed by atoms with van der Waals surface area (Å²) in [6.45, 7) is 3.74. The second-order valence-corrected chi connectivity index (χ2v) is 6.50. The van der Waals surface area contributed by atoms with Crippen molar-refractivity contribution in [1.82, 2.24) is 4.90 Å². The van der Waals surface area contributed by atoms with Crippen LogP contribution in [0.5, 0.6) is 11.5 Å². The van der Waals surface area contributed by atoms with Crippen molar-refractivity contribution in [2.45, 2.75) is 44.8 Å². The van der Waals surface area contributed by atoms with Gasteiger partial charge in [0.1, 0.15) is 6.61 Å². The minimum atomic E-state index is -0.119. The number of nitrogens with zero attached hydrogens (tertiary/aromatic N) is 1. The summed E-state index contributed by atoms with van der Waals surface area (Å²) in [6, 6.07) is 7.82. The number of ether oxygens (including phenoxy) is 2. The topological polar surface area (TPSA) is 64.8 Å². The molecule has 3 atom stereocenters. The molecule has 126 valence electrons. The van der Waals surface area contributed by atoms with Gasteiger partial charge < -0.3 is 20.1 Å². The third-order valence-corrected chi connectivity index (χ3v) is 4.75. The van der Waals surface area contributed by atoms with Gasteiger partial charge in [-0.3, -0.25) is 4.79 Å². The van der Waals surface area contributed by atoms with Gasteiger partial charge >= 0.3 is 0 Å². The molecular weight excluding hydrogens is 292 g/mol. The number of likely N-dealkylation sites (N-methyl/N-ethyl adjacent to an activating group) is 1. The first-order valence-electron chi connectivity index (χ1n) is 8.60. The molecule has 0 aromatic heterocycles. The third-order valence-electron chi connectivity index (χ3n) is 4.75. The number of amides is 1. The minimum absolute atomic E-state index is 0.0653. The first kappa shape index (κ1) is 16.1. The van der Waals surface area contributed by atoms with Gasteiger partial charge in [0, 0.05) is 18.5 Å². The highest BCUT2D eigenvalue weighted by atomic mass is 16.6. The van der Waals surface area contributed by atoms with E-state index in [1.165, 1.54) is 0 Å². The maximum Gasteiger partial charge on any atom is 0.225 e. The molecule has 1 amide bonds. The van der Waals surface area contributed by atoms with E-state index >= 15 is 0 Å². The van der Waals surface area contributed by atoms with Crippen LogP contribution in [0, 0.1) is 5.92 Å². The van der Waals surface area contributed by atoms with Crippen molar-refractivity contribution in [1.29, 1.82) is 0 Å². The highest BCUT2D eigenvalue weighted by Gasteiger charge is 2.31. The number of rotatable bonds is 4. The van der Waals surface area contributed by atoms with Crippen molar-refractivity contribution in [3.05, 3.63) is 24.3 Å². The monoisotopic (exact) mass is 318 g/mol. The van der Waals surface area contributed by atoms with Crippen LogP contribution in [0.1, 0.15) is 32.6 Å². The summed E-state index contributed by atoms with van der Waals surface area (Å²) < 4.78 is 11.7. The van der Waals surface area contributed by atoms with E-state index in [2.05, 4.69) is 0 Å². The molecule has 1 saturated carbocycles. The van der Waals surface area contributed by atoms with Crippen LogP contribution in [-0.4, -0.2) is 42.6 Å². The Labute approximate surface area is 137 Å². The number of carbonyl (C=O) groups excluding carboxylic acids is 1. The van der Waals surface area contributed by atoms with E-state index in [0.717, 1.165) is 37.2 Å². The van der Waals surface area contributed by atoms with Crippen molar-refractivity contribution in [2.24, 2.45) is 11.7 Å². The Morgan fingerprint density at radius 1 is 1.30 bits per heavy atom. The molecule has 0 saturated heterocycles. The van der Waals surface area contributed by atoms with Gasteiger partial charge in [0.2, 0.25) is 5.91 Å². The van der Waals surface area contributed by atoms with Crippen LogP contribution in [0.2, 0.25) is 0 Å². The van der Waals surface area contributed by atoms with Crippen molar-refractivity contribution in [3.63, 3.8) is 0 Å². The fourth-order valence-electron chi connectivity index (χ4n) is 3.48. The van der Waals surface area contributed by atoms with Gasteiger partial charge in [0.15, 0.2) is 17.6 Å². The highest BCUT2D eigenvalue weighted by Crippen LogP contribution is 2.31. The maximum atomic E-state index is 12.8. The molecule has 1 aromatic carbocycles. The van der Waals surface area contributed by atoms with Gasteiger partial charge in [-0.05, 0) is 38.3 Å². The number of carbonyl (C=O) groups is 1. The standard InChI is InChI=1S/C18H26N2O3/c1-2-20(18(21)13-6-5-7-14(19)10-13)11-15-12-22-16-8-3-4-9-17(16)23-15/h3-4,8-9,13-15H,2,5-7,10-12,19H2,1H3. The van der Waals surface area contributed by atoms with E-state index in [1.54, 1.807) is 0 Å². The predicted octanol–water partition coefficient (Wildman–Crippen LogP) is 2.19. The molecule has 0 spiro atoms. The molecule has 1 aliphatic carbocycles. The average molecular weight is 318 g/mol. The van der Waals surface area contributed by atoms with Crippen LogP contribution in [0.3, 0.4) is 0 Å². The van der Waals surface area contributed by atoms with E-state index in [0.29, 0.717) is 19.7 Å².